The third-order valence-electron chi connectivity index (χ3n) is 5.35. The molecule has 3 rings (SSSR count). The first kappa shape index (κ1) is 19.9. The lowest BCUT2D eigenvalue weighted by Gasteiger charge is -2.35. The molecule has 0 radical (unpaired) electrons. The first-order chi connectivity index (χ1) is 13.2. The minimum absolute atomic E-state index is 0.00223. The number of carbonyl (C=O) groups excluding carboxylic acids is 2. The molecule has 0 saturated heterocycles. The van der Waals surface area contributed by atoms with Gasteiger partial charge >= 0.3 is 6.09 Å². The minimum atomic E-state index is -0.632. The first-order valence-electron chi connectivity index (χ1n) is 9.62. The molecule has 1 aliphatic carbocycles. The molecule has 0 amide bonds. The van der Waals surface area contributed by atoms with Crippen LogP contribution in [0.15, 0.2) is 36.9 Å². The molecule has 1 atom stereocenters. The normalized spacial score (nSPS) is 19.1. The molecule has 0 fully saturated rings. The van der Waals surface area contributed by atoms with E-state index in [1.807, 2.05) is 45.0 Å². The van der Waals surface area contributed by atoms with E-state index in [2.05, 4.69) is 12.6 Å². The van der Waals surface area contributed by atoms with Gasteiger partial charge in [0.05, 0.1) is 11.6 Å². The monoisotopic (exact) mass is 378 g/mol. The Hall–Kier alpha value is -2.87. The number of Topliss-reactive ketones (excluding diaryl/α,β-unsaturated/α-hetero) is 1. The van der Waals surface area contributed by atoms with Crippen molar-refractivity contribution in [2.24, 2.45) is 5.41 Å². The van der Waals surface area contributed by atoms with Crippen LogP contribution in [0.4, 0.5) is 4.79 Å². The van der Waals surface area contributed by atoms with Crippen molar-refractivity contribution in [1.82, 2.24) is 4.57 Å². The Morgan fingerprint density at radius 1 is 1.39 bits per heavy atom. The molecule has 28 heavy (non-hydrogen) atoms. The maximum absolute atomic E-state index is 13.6. The summed E-state index contributed by atoms with van der Waals surface area (Å²) in [4.78, 5) is 26.6. The van der Waals surface area contributed by atoms with Crippen molar-refractivity contribution in [2.45, 2.75) is 58.5 Å². The lowest BCUT2D eigenvalue weighted by atomic mass is 9.67. The first-order valence-corrected chi connectivity index (χ1v) is 9.62. The molecular weight excluding hydrogens is 352 g/mol. The fourth-order valence-electron chi connectivity index (χ4n) is 4.14. The fraction of sp³-hybridized carbons (Fsp3) is 0.435. The number of para-hydroxylation sites is 1. The Balaban J connectivity index is 2.19. The topological polar surface area (TPSA) is 72.1 Å². The van der Waals surface area contributed by atoms with E-state index in [0.717, 1.165) is 5.39 Å². The van der Waals surface area contributed by atoms with Gasteiger partial charge in [-0.15, -0.1) is 6.58 Å². The number of aromatic nitrogens is 1. The van der Waals surface area contributed by atoms with Crippen LogP contribution in [0.3, 0.4) is 0 Å². The molecule has 0 N–H and O–H groups in total. The van der Waals surface area contributed by atoms with Crippen LogP contribution in [-0.4, -0.2) is 22.0 Å². The van der Waals surface area contributed by atoms with E-state index in [9.17, 15) is 9.59 Å². The number of hydrogen-bond donors (Lipinski definition) is 0. The number of hydrogen-bond acceptors (Lipinski definition) is 4. The molecule has 0 aliphatic heterocycles. The summed E-state index contributed by atoms with van der Waals surface area (Å²) in [7, 11) is 0. The summed E-state index contributed by atoms with van der Waals surface area (Å²) in [6.45, 7) is 9.29. The zero-order valence-electron chi connectivity index (χ0n) is 16.7. The van der Waals surface area contributed by atoms with Crippen molar-refractivity contribution in [2.75, 3.05) is 0 Å². The van der Waals surface area contributed by atoms with E-state index in [-0.39, 0.29) is 5.78 Å². The molecule has 1 aromatic carbocycles. The number of ketones is 1. The molecule has 1 aromatic heterocycles. The summed E-state index contributed by atoms with van der Waals surface area (Å²) in [5.41, 5.74) is 0.718. The molecule has 0 saturated carbocycles. The third kappa shape index (κ3) is 3.35. The lowest BCUT2D eigenvalue weighted by molar-refractivity contribution is 0.0537. The van der Waals surface area contributed by atoms with Gasteiger partial charge in [-0.3, -0.25) is 4.79 Å². The van der Waals surface area contributed by atoms with Gasteiger partial charge in [-0.25, -0.2) is 9.36 Å². The van der Waals surface area contributed by atoms with Gasteiger partial charge in [0.15, 0.2) is 5.78 Å². The third-order valence-corrected chi connectivity index (χ3v) is 5.35. The fourth-order valence-corrected chi connectivity index (χ4v) is 4.14. The highest BCUT2D eigenvalue weighted by molar-refractivity contribution is 6.14. The number of allylic oxidation sites excluding steroid dienone is 1. The predicted octanol–water partition coefficient (Wildman–Crippen LogP) is 5.42. The van der Waals surface area contributed by atoms with Crippen molar-refractivity contribution in [1.29, 1.82) is 5.26 Å². The average Bonchev–Trinajstić information content (AvgIpc) is 2.96. The van der Waals surface area contributed by atoms with Crippen molar-refractivity contribution in [3.8, 4) is 6.07 Å². The molecule has 5 heteroatoms. The second-order valence-electron chi connectivity index (χ2n) is 8.41. The molecule has 146 valence electrons. The van der Waals surface area contributed by atoms with Crippen molar-refractivity contribution >= 4 is 22.8 Å². The summed E-state index contributed by atoms with van der Waals surface area (Å²) in [5.74, 6) is 0.00223. The number of nitrogens with zero attached hydrogens (tertiary/aromatic N) is 2. The Kier molecular flexibility index (Phi) is 5.16. The predicted molar refractivity (Wildman–Crippen MR) is 108 cm³/mol. The van der Waals surface area contributed by atoms with E-state index in [1.165, 1.54) is 0 Å². The Labute approximate surface area is 165 Å². The standard InChI is InChI=1S/C23H26N2O3/c1-5-12-23(13-8-15-24)14-11-18-19(20(23)26)16-9-6-7-10-17(16)25(18)21(27)28-22(2,3)4/h5-7,9-10H,1,8,11-14H2,2-4H3/t23-/m1/s1. The second-order valence-corrected chi connectivity index (χ2v) is 8.41. The van der Waals surface area contributed by atoms with E-state index in [1.54, 1.807) is 10.6 Å². The molecule has 0 unspecified atom stereocenters. The van der Waals surface area contributed by atoms with Gasteiger partial charge in [0, 0.05) is 28.5 Å². The maximum atomic E-state index is 13.6. The lowest BCUT2D eigenvalue weighted by Crippen LogP contribution is -2.37. The van der Waals surface area contributed by atoms with Crippen molar-refractivity contribution < 1.29 is 14.3 Å². The largest absolute Gasteiger partial charge is 0.443 e. The van der Waals surface area contributed by atoms with Gasteiger partial charge in [-0.05, 0) is 52.5 Å². The number of ether oxygens (including phenoxy) is 1. The molecule has 1 heterocycles. The van der Waals surface area contributed by atoms with E-state index < -0.39 is 17.1 Å². The molecular formula is C23H26N2O3. The number of benzene rings is 1. The molecule has 5 nitrogen and oxygen atoms in total. The van der Waals surface area contributed by atoms with Gasteiger partial charge in [0.2, 0.25) is 0 Å². The van der Waals surface area contributed by atoms with Crippen LogP contribution < -0.4 is 0 Å². The number of rotatable bonds is 4. The van der Waals surface area contributed by atoms with Crippen LogP contribution >= 0.6 is 0 Å². The summed E-state index contributed by atoms with van der Waals surface area (Å²) in [5, 5.41) is 9.83. The highest BCUT2D eigenvalue weighted by Gasteiger charge is 2.44. The Morgan fingerprint density at radius 3 is 2.75 bits per heavy atom. The number of nitriles is 1. The highest BCUT2D eigenvalue weighted by Crippen LogP contribution is 2.45. The van der Waals surface area contributed by atoms with Crippen molar-refractivity contribution in [3.05, 3.63) is 48.2 Å². The zero-order valence-corrected chi connectivity index (χ0v) is 16.7. The summed E-state index contributed by atoms with van der Waals surface area (Å²) in [6.07, 6.45) is 3.80. The molecule has 2 aromatic rings. The zero-order chi connectivity index (χ0) is 20.5. The van der Waals surface area contributed by atoms with Gasteiger partial charge in [0.25, 0.3) is 0 Å². The number of carbonyl (C=O) groups is 2. The minimum Gasteiger partial charge on any atom is -0.443 e. The van der Waals surface area contributed by atoms with E-state index in [4.69, 9.17) is 10.00 Å². The second kappa shape index (κ2) is 7.27. The van der Waals surface area contributed by atoms with E-state index >= 15 is 0 Å². The quantitative estimate of drug-likeness (QED) is 0.666. The summed E-state index contributed by atoms with van der Waals surface area (Å²) >= 11 is 0. The Morgan fingerprint density at radius 2 is 2.11 bits per heavy atom. The van der Waals surface area contributed by atoms with Gasteiger partial charge in [-0.2, -0.15) is 5.26 Å². The van der Waals surface area contributed by atoms with Crippen LogP contribution in [-0.2, 0) is 11.2 Å². The van der Waals surface area contributed by atoms with Gasteiger partial charge < -0.3 is 4.74 Å². The molecule has 1 aliphatic rings. The van der Waals surface area contributed by atoms with E-state index in [0.29, 0.717) is 48.9 Å². The van der Waals surface area contributed by atoms with Crippen LogP contribution in [0.25, 0.3) is 10.9 Å². The smallest absolute Gasteiger partial charge is 0.419 e. The Bertz CT molecular complexity index is 988. The maximum Gasteiger partial charge on any atom is 0.419 e. The van der Waals surface area contributed by atoms with Crippen LogP contribution in [0.2, 0.25) is 0 Å². The number of fused-ring (bicyclic) bond motifs is 3. The van der Waals surface area contributed by atoms with Crippen LogP contribution in [0, 0.1) is 16.7 Å². The van der Waals surface area contributed by atoms with Crippen LogP contribution in [0.5, 0.6) is 0 Å². The summed E-state index contributed by atoms with van der Waals surface area (Å²) < 4.78 is 7.16. The van der Waals surface area contributed by atoms with Crippen LogP contribution in [0.1, 0.15) is 62.5 Å². The van der Waals surface area contributed by atoms with Crippen molar-refractivity contribution in [3.63, 3.8) is 0 Å². The molecule has 0 spiro atoms. The molecule has 0 bridgehead atoms. The van der Waals surface area contributed by atoms with Gasteiger partial charge in [0.1, 0.15) is 5.60 Å². The SMILES string of the molecule is C=CC[C@@]1(CCC#N)CCc2c(c3ccccc3n2C(=O)OC(C)(C)C)C1=O. The highest BCUT2D eigenvalue weighted by atomic mass is 16.6. The average molecular weight is 378 g/mol. The summed E-state index contributed by atoms with van der Waals surface area (Å²) in [6, 6.07) is 9.60. The van der Waals surface area contributed by atoms with Gasteiger partial charge in [-0.1, -0.05) is 24.3 Å².